The lowest BCUT2D eigenvalue weighted by molar-refractivity contribution is 0.886. The Morgan fingerprint density at radius 2 is 0.904 bits per heavy atom. The van der Waals surface area contributed by atoms with Gasteiger partial charge in [-0.15, -0.1) is 0 Å². The van der Waals surface area contributed by atoms with Crippen LogP contribution in [0.15, 0.2) is 133 Å². The summed E-state index contributed by atoms with van der Waals surface area (Å²) < 4.78 is 4.37. The summed E-state index contributed by atoms with van der Waals surface area (Å²) in [5.74, 6) is 2.02. The summed E-state index contributed by atoms with van der Waals surface area (Å²) in [6.07, 6.45) is 0. The van der Waals surface area contributed by atoms with Crippen LogP contribution in [0.2, 0.25) is 0 Å². The number of benzene rings is 9. The summed E-state index contributed by atoms with van der Waals surface area (Å²) in [6, 6.07) is 49.9. The lowest BCUT2D eigenvalue weighted by atomic mass is 9.83. The fraction of sp³-hybridized carbons (Fsp3) is 0.0833. The van der Waals surface area contributed by atoms with Crippen LogP contribution < -0.4 is 0 Å². The van der Waals surface area contributed by atoms with Crippen molar-refractivity contribution in [2.24, 2.45) is 14.1 Å². The number of aromatic nitrogens is 4. The molecule has 0 amide bonds. The predicted octanol–water partition coefficient (Wildman–Crippen LogP) is 12.3. The lowest BCUT2D eigenvalue weighted by Crippen LogP contribution is -1.94. The van der Waals surface area contributed by atoms with Gasteiger partial charge in [0.1, 0.15) is 11.6 Å². The Kier molecular flexibility index (Phi) is 5.90. The zero-order valence-corrected chi connectivity index (χ0v) is 29.5. The summed E-state index contributed by atoms with van der Waals surface area (Å²) in [6.45, 7) is 4.14. The third kappa shape index (κ3) is 3.98. The molecule has 0 aliphatic heterocycles. The number of hydrogen-bond acceptors (Lipinski definition) is 2. The van der Waals surface area contributed by atoms with Gasteiger partial charge in [-0.3, -0.25) is 0 Å². The molecule has 2 heterocycles. The Labute approximate surface area is 300 Å². The number of nitrogens with zero attached hydrogens (tertiary/aromatic N) is 4. The second kappa shape index (κ2) is 10.5. The number of hydrogen-bond donors (Lipinski definition) is 0. The van der Waals surface area contributed by atoms with Crippen LogP contribution in [-0.2, 0) is 14.1 Å². The number of imidazole rings is 2. The SMILES string of the molecule is Cc1nc2ccc(-c3cccc4c(-c5cc6cccc7ccc8cccc5c8c76)c5cccc(-c6ccc7nc(C)n(C)c7c6)c5cc34)cc2n1C. The lowest BCUT2D eigenvalue weighted by Gasteiger charge is -2.20. The second-order valence-electron chi connectivity index (χ2n) is 14.4. The molecule has 0 bridgehead atoms. The summed E-state index contributed by atoms with van der Waals surface area (Å²) in [5.41, 5.74) is 11.6. The van der Waals surface area contributed by atoms with Gasteiger partial charge in [0, 0.05) is 14.1 Å². The Morgan fingerprint density at radius 1 is 0.404 bits per heavy atom. The van der Waals surface area contributed by atoms with Crippen LogP contribution in [0.5, 0.6) is 0 Å². The molecule has 0 radical (unpaired) electrons. The average molecular weight is 667 g/mol. The zero-order valence-electron chi connectivity index (χ0n) is 29.5. The Balaban J connectivity index is 1.30. The molecule has 0 aliphatic rings. The molecule has 0 N–H and O–H groups in total. The molecule has 11 rings (SSSR count). The van der Waals surface area contributed by atoms with E-state index in [9.17, 15) is 0 Å². The molecule has 11 aromatic rings. The van der Waals surface area contributed by atoms with Gasteiger partial charge in [-0.1, -0.05) is 97.1 Å². The fourth-order valence-electron chi connectivity index (χ4n) is 8.88. The summed E-state index contributed by atoms with van der Waals surface area (Å²) in [7, 11) is 4.20. The van der Waals surface area contributed by atoms with Gasteiger partial charge in [-0.25, -0.2) is 9.97 Å². The monoisotopic (exact) mass is 666 g/mol. The quantitative estimate of drug-likeness (QED) is 0.139. The first-order valence-corrected chi connectivity index (χ1v) is 18.0. The van der Waals surface area contributed by atoms with Crippen LogP contribution in [0.4, 0.5) is 0 Å². The summed E-state index contributed by atoms with van der Waals surface area (Å²) in [5, 5.41) is 12.7. The van der Waals surface area contributed by atoms with Crippen LogP contribution in [0, 0.1) is 13.8 Å². The molecular weight excluding hydrogens is 633 g/mol. The van der Waals surface area contributed by atoms with E-state index in [1.54, 1.807) is 0 Å². The zero-order chi connectivity index (χ0) is 34.8. The normalized spacial score (nSPS) is 12.2. The Bertz CT molecular complexity index is 3140. The van der Waals surface area contributed by atoms with E-state index in [0.717, 1.165) is 33.7 Å². The number of fused-ring (bicyclic) bond motifs is 4. The molecule has 0 fully saturated rings. The van der Waals surface area contributed by atoms with Crippen molar-refractivity contribution in [2.75, 3.05) is 0 Å². The third-order valence-corrected chi connectivity index (χ3v) is 11.6. The molecule has 4 heteroatoms. The minimum Gasteiger partial charge on any atom is -0.331 e. The van der Waals surface area contributed by atoms with Crippen molar-refractivity contribution in [2.45, 2.75) is 13.8 Å². The minimum absolute atomic E-state index is 1.01. The van der Waals surface area contributed by atoms with Gasteiger partial charge in [-0.05, 0) is 137 Å². The van der Waals surface area contributed by atoms with Crippen molar-refractivity contribution in [1.29, 1.82) is 0 Å². The molecule has 0 saturated carbocycles. The van der Waals surface area contributed by atoms with Crippen molar-refractivity contribution in [3.05, 3.63) is 145 Å². The average Bonchev–Trinajstić information content (AvgIpc) is 3.63. The van der Waals surface area contributed by atoms with Crippen molar-refractivity contribution in [3.63, 3.8) is 0 Å². The number of rotatable bonds is 3. The molecule has 4 nitrogen and oxygen atoms in total. The standard InChI is InChI=1S/C48H34N4/c1-27-49-42-21-19-31(24-44(42)51(27)3)34-12-7-15-36-39(34)26-40-35(32-20-22-43-45(25-32)52(4)28(2)50-43)13-8-16-37(40)48(36)41-23-33-11-5-9-29-17-18-30-10-6-14-38(41)47(30)46(29)33/h5-26H,1-4H3. The maximum Gasteiger partial charge on any atom is 0.106 e. The highest BCUT2D eigenvalue weighted by molar-refractivity contribution is 6.29. The highest BCUT2D eigenvalue weighted by Gasteiger charge is 2.20. The van der Waals surface area contributed by atoms with Gasteiger partial charge >= 0.3 is 0 Å². The highest BCUT2D eigenvalue weighted by atomic mass is 15.1. The first-order valence-electron chi connectivity index (χ1n) is 18.0. The molecule has 246 valence electrons. The van der Waals surface area contributed by atoms with E-state index in [2.05, 4.69) is 171 Å². The van der Waals surface area contributed by atoms with Crippen LogP contribution in [-0.4, -0.2) is 19.1 Å². The molecule has 9 aromatic carbocycles. The number of aryl methyl sites for hydroxylation is 4. The van der Waals surface area contributed by atoms with Crippen molar-refractivity contribution >= 4 is 75.9 Å². The van der Waals surface area contributed by atoms with Crippen LogP contribution >= 0.6 is 0 Å². The van der Waals surface area contributed by atoms with Gasteiger partial charge in [-0.2, -0.15) is 0 Å². The van der Waals surface area contributed by atoms with E-state index < -0.39 is 0 Å². The first-order chi connectivity index (χ1) is 25.4. The van der Waals surface area contributed by atoms with E-state index in [-0.39, 0.29) is 0 Å². The highest BCUT2D eigenvalue weighted by Crippen LogP contribution is 2.47. The van der Waals surface area contributed by atoms with E-state index in [0.29, 0.717) is 0 Å². The predicted molar refractivity (Wildman–Crippen MR) is 219 cm³/mol. The molecular formula is C48H34N4. The minimum atomic E-state index is 1.01. The van der Waals surface area contributed by atoms with Gasteiger partial charge < -0.3 is 9.13 Å². The van der Waals surface area contributed by atoms with Gasteiger partial charge in [0.2, 0.25) is 0 Å². The Morgan fingerprint density at radius 3 is 1.50 bits per heavy atom. The van der Waals surface area contributed by atoms with Crippen LogP contribution in [0.25, 0.3) is 109 Å². The van der Waals surface area contributed by atoms with E-state index in [1.165, 1.54) is 87.2 Å². The molecule has 0 spiro atoms. The maximum atomic E-state index is 4.80. The first kappa shape index (κ1) is 29.2. The van der Waals surface area contributed by atoms with Crippen LogP contribution in [0.1, 0.15) is 11.6 Å². The molecule has 0 atom stereocenters. The van der Waals surface area contributed by atoms with Gasteiger partial charge in [0.25, 0.3) is 0 Å². The fourth-order valence-corrected chi connectivity index (χ4v) is 8.88. The van der Waals surface area contributed by atoms with Gasteiger partial charge in [0.15, 0.2) is 0 Å². The molecule has 0 saturated heterocycles. The summed E-state index contributed by atoms with van der Waals surface area (Å²) in [4.78, 5) is 9.61. The largest absolute Gasteiger partial charge is 0.331 e. The van der Waals surface area contributed by atoms with Crippen molar-refractivity contribution in [3.8, 4) is 33.4 Å². The van der Waals surface area contributed by atoms with Gasteiger partial charge in [0.05, 0.1) is 22.1 Å². The van der Waals surface area contributed by atoms with E-state index >= 15 is 0 Å². The maximum absolute atomic E-state index is 4.80. The third-order valence-electron chi connectivity index (χ3n) is 11.6. The van der Waals surface area contributed by atoms with Crippen LogP contribution in [0.3, 0.4) is 0 Å². The molecule has 0 unspecified atom stereocenters. The molecule has 52 heavy (non-hydrogen) atoms. The van der Waals surface area contributed by atoms with E-state index in [4.69, 9.17) is 9.97 Å². The molecule has 0 aliphatic carbocycles. The summed E-state index contributed by atoms with van der Waals surface area (Å²) >= 11 is 0. The van der Waals surface area contributed by atoms with Crippen molar-refractivity contribution < 1.29 is 0 Å². The topological polar surface area (TPSA) is 35.6 Å². The van der Waals surface area contributed by atoms with E-state index in [1.807, 2.05) is 0 Å². The smallest absolute Gasteiger partial charge is 0.106 e. The second-order valence-corrected chi connectivity index (χ2v) is 14.4. The van der Waals surface area contributed by atoms with Crippen molar-refractivity contribution in [1.82, 2.24) is 19.1 Å². The molecule has 2 aromatic heterocycles. The Hall–Kier alpha value is -6.52.